The molecule has 0 aliphatic carbocycles. The summed E-state index contributed by atoms with van der Waals surface area (Å²) in [6.07, 6.45) is 0.775. The highest BCUT2D eigenvalue weighted by Gasteiger charge is 2.22. The summed E-state index contributed by atoms with van der Waals surface area (Å²) in [6.45, 7) is 6.22. The standard InChI is InChI=1S/C16H18BrNO2S/c1-4-10-13(18)15(16(19)20-5-2)21-14(10)11-7-6-9(3)8-12(11)17/h6-8H,4-5,18H2,1-3H3. The van der Waals surface area contributed by atoms with Crippen molar-refractivity contribution in [1.82, 2.24) is 0 Å². The maximum absolute atomic E-state index is 12.0. The monoisotopic (exact) mass is 367 g/mol. The fraction of sp³-hybridized carbons (Fsp3) is 0.312. The van der Waals surface area contributed by atoms with Crippen molar-refractivity contribution in [1.29, 1.82) is 0 Å². The van der Waals surface area contributed by atoms with Crippen LogP contribution in [0.5, 0.6) is 0 Å². The van der Waals surface area contributed by atoms with E-state index in [0.29, 0.717) is 17.2 Å². The molecule has 0 radical (unpaired) electrons. The number of carbonyl (C=O) groups excluding carboxylic acids is 1. The molecule has 0 atom stereocenters. The van der Waals surface area contributed by atoms with Crippen LogP contribution in [0.3, 0.4) is 0 Å². The molecule has 1 heterocycles. The number of esters is 1. The zero-order valence-corrected chi connectivity index (χ0v) is 14.7. The van der Waals surface area contributed by atoms with Gasteiger partial charge in [0.25, 0.3) is 0 Å². The lowest BCUT2D eigenvalue weighted by Gasteiger charge is -2.06. The SMILES string of the molecule is CCOC(=O)c1sc(-c2ccc(C)cc2Br)c(CC)c1N. The molecule has 2 N–H and O–H groups in total. The van der Waals surface area contributed by atoms with Crippen LogP contribution in [-0.2, 0) is 11.2 Å². The van der Waals surface area contributed by atoms with E-state index < -0.39 is 0 Å². The number of rotatable bonds is 4. The number of nitrogen functional groups attached to an aromatic ring is 1. The van der Waals surface area contributed by atoms with Gasteiger partial charge >= 0.3 is 5.97 Å². The van der Waals surface area contributed by atoms with Gasteiger partial charge in [-0.25, -0.2) is 4.79 Å². The second-order valence-corrected chi connectivity index (χ2v) is 6.58. The molecule has 0 aliphatic rings. The minimum absolute atomic E-state index is 0.343. The van der Waals surface area contributed by atoms with Crippen molar-refractivity contribution in [2.75, 3.05) is 12.3 Å². The van der Waals surface area contributed by atoms with Gasteiger partial charge in [0, 0.05) is 14.9 Å². The molecule has 2 aromatic rings. The minimum Gasteiger partial charge on any atom is -0.462 e. The van der Waals surface area contributed by atoms with E-state index in [1.54, 1.807) is 6.92 Å². The maximum Gasteiger partial charge on any atom is 0.350 e. The number of carbonyl (C=O) groups is 1. The molecular formula is C16H18BrNO2S. The first-order chi connectivity index (χ1) is 9.99. The summed E-state index contributed by atoms with van der Waals surface area (Å²) >= 11 is 5.00. The number of halogens is 1. The molecule has 0 fully saturated rings. The Kier molecular flexibility index (Phi) is 5.06. The molecule has 5 heteroatoms. The number of benzene rings is 1. The van der Waals surface area contributed by atoms with E-state index >= 15 is 0 Å². The predicted octanol–water partition coefficient (Wildman–Crippen LogP) is 4.81. The molecule has 0 aliphatic heterocycles. The van der Waals surface area contributed by atoms with Crippen molar-refractivity contribution >= 4 is 38.9 Å². The van der Waals surface area contributed by atoms with E-state index in [1.807, 2.05) is 13.8 Å². The second-order valence-electron chi connectivity index (χ2n) is 4.71. The molecule has 0 unspecified atom stereocenters. The highest BCUT2D eigenvalue weighted by Crippen LogP contribution is 2.42. The zero-order chi connectivity index (χ0) is 15.6. The smallest absolute Gasteiger partial charge is 0.350 e. The first kappa shape index (κ1) is 16.0. The lowest BCUT2D eigenvalue weighted by Crippen LogP contribution is -2.05. The molecule has 0 spiro atoms. The number of thiophene rings is 1. The van der Waals surface area contributed by atoms with Crippen LogP contribution in [-0.4, -0.2) is 12.6 Å². The number of hydrogen-bond donors (Lipinski definition) is 1. The molecular weight excluding hydrogens is 350 g/mol. The highest BCUT2D eigenvalue weighted by atomic mass is 79.9. The molecule has 0 saturated carbocycles. The van der Waals surface area contributed by atoms with Gasteiger partial charge in [-0.05, 0) is 37.5 Å². The van der Waals surface area contributed by atoms with E-state index in [9.17, 15) is 4.79 Å². The third-order valence-corrected chi connectivity index (χ3v) is 5.15. The summed E-state index contributed by atoms with van der Waals surface area (Å²) in [6, 6.07) is 6.17. The summed E-state index contributed by atoms with van der Waals surface area (Å²) in [5, 5.41) is 0. The van der Waals surface area contributed by atoms with Crippen molar-refractivity contribution < 1.29 is 9.53 Å². The van der Waals surface area contributed by atoms with Gasteiger partial charge in [-0.2, -0.15) is 0 Å². The Labute approximate surface area is 137 Å². The van der Waals surface area contributed by atoms with Crippen LogP contribution in [0.2, 0.25) is 0 Å². The lowest BCUT2D eigenvalue weighted by molar-refractivity contribution is 0.0533. The zero-order valence-electron chi connectivity index (χ0n) is 12.3. The molecule has 2 rings (SSSR count). The van der Waals surface area contributed by atoms with Crippen LogP contribution >= 0.6 is 27.3 Å². The van der Waals surface area contributed by atoms with Crippen LogP contribution in [0, 0.1) is 6.92 Å². The largest absolute Gasteiger partial charge is 0.462 e. The normalized spacial score (nSPS) is 10.7. The summed E-state index contributed by atoms with van der Waals surface area (Å²) in [4.78, 5) is 13.5. The Morgan fingerprint density at radius 3 is 2.67 bits per heavy atom. The van der Waals surface area contributed by atoms with Crippen LogP contribution in [0.1, 0.15) is 34.6 Å². The van der Waals surface area contributed by atoms with Gasteiger partial charge < -0.3 is 10.5 Å². The van der Waals surface area contributed by atoms with Crippen molar-refractivity contribution in [3.8, 4) is 10.4 Å². The Morgan fingerprint density at radius 1 is 1.38 bits per heavy atom. The maximum atomic E-state index is 12.0. The van der Waals surface area contributed by atoms with Gasteiger partial charge in [-0.15, -0.1) is 11.3 Å². The Hall–Kier alpha value is -1.33. The van der Waals surface area contributed by atoms with Crippen LogP contribution in [0.15, 0.2) is 22.7 Å². The number of ether oxygens (including phenoxy) is 1. The van der Waals surface area contributed by atoms with Gasteiger partial charge in [0.2, 0.25) is 0 Å². The molecule has 1 aromatic heterocycles. The van der Waals surface area contributed by atoms with Gasteiger partial charge in [0.05, 0.1) is 12.3 Å². The summed E-state index contributed by atoms with van der Waals surface area (Å²) in [5.41, 5.74) is 9.95. The number of aryl methyl sites for hydroxylation is 1. The molecule has 112 valence electrons. The number of anilines is 1. The first-order valence-electron chi connectivity index (χ1n) is 6.84. The van der Waals surface area contributed by atoms with Crippen LogP contribution < -0.4 is 5.73 Å². The third kappa shape index (κ3) is 3.14. The van der Waals surface area contributed by atoms with Crippen LogP contribution in [0.4, 0.5) is 5.69 Å². The van der Waals surface area contributed by atoms with E-state index in [-0.39, 0.29) is 5.97 Å². The fourth-order valence-corrected chi connectivity index (χ4v) is 4.27. The van der Waals surface area contributed by atoms with Crippen LogP contribution in [0.25, 0.3) is 10.4 Å². The third-order valence-electron chi connectivity index (χ3n) is 3.23. The molecule has 0 amide bonds. The molecule has 1 aromatic carbocycles. The van der Waals surface area contributed by atoms with Gasteiger partial charge in [0.15, 0.2) is 0 Å². The van der Waals surface area contributed by atoms with Crippen molar-refractivity contribution in [2.24, 2.45) is 0 Å². The Bertz CT molecular complexity index is 679. The average Bonchev–Trinajstić information content (AvgIpc) is 2.76. The summed E-state index contributed by atoms with van der Waals surface area (Å²) < 4.78 is 6.09. The highest BCUT2D eigenvalue weighted by molar-refractivity contribution is 9.10. The van der Waals surface area contributed by atoms with E-state index in [2.05, 4.69) is 34.1 Å². The predicted molar refractivity (Wildman–Crippen MR) is 91.9 cm³/mol. The quantitative estimate of drug-likeness (QED) is 0.788. The lowest BCUT2D eigenvalue weighted by atomic mass is 10.0. The van der Waals surface area contributed by atoms with Crippen molar-refractivity contribution in [2.45, 2.75) is 27.2 Å². The van der Waals surface area contributed by atoms with Gasteiger partial charge in [-0.3, -0.25) is 0 Å². The minimum atomic E-state index is -0.343. The average molecular weight is 368 g/mol. The van der Waals surface area contributed by atoms with E-state index in [1.165, 1.54) is 16.9 Å². The molecule has 0 bridgehead atoms. The summed E-state index contributed by atoms with van der Waals surface area (Å²) in [7, 11) is 0. The Balaban J connectivity index is 2.58. The fourth-order valence-electron chi connectivity index (χ4n) is 2.20. The van der Waals surface area contributed by atoms with E-state index in [4.69, 9.17) is 10.5 Å². The summed E-state index contributed by atoms with van der Waals surface area (Å²) in [5.74, 6) is -0.343. The molecule has 3 nitrogen and oxygen atoms in total. The van der Waals surface area contributed by atoms with E-state index in [0.717, 1.165) is 26.9 Å². The van der Waals surface area contributed by atoms with Gasteiger partial charge in [0.1, 0.15) is 4.88 Å². The molecule has 21 heavy (non-hydrogen) atoms. The topological polar surface area (TPSA) is 52.3 Å². The second kappa shape index (κ2) is 6.62. The van der Waals surface area contributed by atoms with Crippen molar-refractivity contribution in [3.63, 3.8) is 0 Å². The van der Waals surface area contributed by atoms with Crippen molar-refractivity contribution in [3.05, 3.63) is 38.7 Å². The number of hydrogen-bond acceptors (Lipinski definition) is 4. The first-order valence-corrected chi connectivity index (χ1v) is 8.45. The van der Waals surface area contributed by atoms with Gasteiger partial charge in [-0.1, -0.05) is 35.0 Å². The number of nitrogens with two attached hydrogens (primary N) is 1. The molecule has 0 saturated heterocycles. The Morgan fingerprint density at radius 2 is 2.10 bits per heavy atom.